The smallest absolute Gasteiger partial charge is 0.195 e. The number of nitrogens with zero attached hydrogens (tertiary/aromatic N) is 3. The molecule has 0 spiro atoms. The predicted molar refractivity (Wildman–Crippen MR) is 91.8 cm³/mol. The molecular formula is C17H16ClN3S. The number of aryl methyl sites for hydroxylation is 2. The third kappa shape index (κ3) is 3.34. The molecule has 0 aliphatic rings. The van der Waals surface area contributed by atoms with Gasteiger partial charge in [0.1, 0.15) is 6.33 Å². The summed E-state index contributed by atoms with van der Waals surface area (Å²) in [6.45, 7) is 4.25. The van der Waals surface area contributed by atoms with E-state index in [2.05, 4.69) is 42.2 Å². The Bertz CT molecular complexity index is 798. The molecule has 2 aromatic carbocycles. The Hall–Kier alpha value is -1.78. The molecule has 0 saturated heterocycles. The lowest BCUT2D eigenvalue weighted by atomic mass is 10.1. The Morgan fingerprint density at radius 2 is 2.00 bits per heavy atom. The monoisotopic (exact) mass is 329 g/mol. The molecular weight excluding hydrogens is 314 g/mol. The molecule has 22 heavy (non-hydrogen) atoms. The number of hydrogen-bond donors (Lipinski definition) is 0. The minimum Gasteiger partial charge on any atom is -0.277 e. The summed E-state index contributed by atoms with van der Waals surface area (Å²) in [5, 5.41) is 9.82. The van der Waals surface area contributed by atoms with Gasteiger partial charge in [0, 0.05) is 10.8 Å². The molecule has 0 saturated carbocycles. The highest BCUT2D eigenvalue weighted by Gasteiger charge is 2.09. The lowest BCUT2D eigenvalue weighted by molar-refractivity contribution is 0.883. The number of rotatable bonds is 4. The van der Waals surface area contributed by atoms with Crippen LogP contribution in [0.25, 0.3) is 5.69 Å². The molecule has 0 radical (unpaired) electrons. The van der Waals surface area contributed by atoms with Gasteiger partial charge in [-0.05, 0) is 43.2 Å². The van der Waals surface area contributed by atoms with Gasteiger partial charge >= 0.3 is 0 Å². The van der Waals surface area contributed by atoms with Gasteiger partial charge in [-0.1, -0.05) is 53.2 Å². The van der Waals surface area contributed by atoms with Crippen LogP contribution in [0.5, 0.6) is 0 Å². The van der Waals surface area contributed by atoms with E-state index in [-0.39, 0.29) is 0 Å². The van der Waals surface area contributed by atoms with Crippen molar-refractivity contribution in [2.75, 3.05) is 0 Å². The summed E-state index contributed by atoms with van der Waals surface area (Å²) in [5.74, 6) is 0.868. The number of aromatic nitrogens is 3. The van der Waals surface area contributed by atoms with Crippen molar-refractivity contribution in [2.45, 2.75) is 24.8 Å². The minimum atomic E-state index is 0.705. The Morgan fingerprint density at radius 3 is 2.82 bits per heavy atom. The molecule has 3 nitrogen and oxygen atoms in total. The molecule has 0 amide bonds. The van der Waals surface area contributed by atoms with Crippen molar-refractivity contribution in [3.8, 4) is 5.69 Å². The molecule has 3 rings (SSSR count). The Labute approximate surface area is 139 Å². The molecule has 3 aromatic rings. The SMILES string of the molecule is Cc1ccc(C)c(CSc2nncn2-c2cccc(Cl)c2)c1. The third-order valence-corrected chi connectivity index (χ3v) is 4.69. The standard InChI is InChI=1S/C17H16ClN3S/c1-12-6-7-13(2)14(8-12)10-22-17-20-19-11-21(17)16-5-3-4-15(18)9-16/h3-9,11H,10H2,1-2H3. The zero-order valence-electron chi connectivity index (χ0n) is 12.5. The summed E-state index contributed by atoms with van der Waals surface area (Å²) >= 11 is 7.74. The topological polar surface area (TPSA) is 30.7 Å². The highest BCUT2D eigenvalue weighted by Crippen LogP contribution is 2.26. The van der Waals surface area contributed by atoms with Gasteiger partial charge < -0.3 is 0 Å². The van der Waals surface area contributed by atoms with E-state index in [1.807, 2.05) is 28.8 Å². The highest BCUT2D eigenvalue weighted by molar-refractivity contribution is 7.98. The van der Waals surface area contributed by atoms with Crippen molar-refractivity contribution in [1.29, 1.82) is 0 Å². The van der Waals surface area contributed by atoms with Gasteiger partial charge in [-0.15, -0.1) is 10.2 Å². The van der Waals surface area contributed by atoms with Crippen LogP contribution in [-0.4, -0.2) is 14.8 Å². The number of hydrogen-bond acceptors (Lipinski definition) is 3. The van der Waals surface area contributed by atoms with E-state index in [1.165, 1.54) is 16.7 Å². The first-order chi connectivity index (χ1) is 10.6. The first-order valence-electron chi connectivity index (χ1n) is 6.98. The van der Waals surface area contributed by atoms with Gasteiger partial charge in [-0.3, -0.25) is 4.57 Å². The molecule has 0 atom stereocenters. The van der Waals surface area contributed by atoms with Crippen LogP contribution in [-0.2, 0) is 5.75 Å². The molecule has 112 valence electrons. The molecule has 0 fully saturated rings. The quantitative estimate of drug-likeness (QED) is 0.642. The van der Waals surface area contributed by atoms with Crippen LogP contribution in [0.1, 0.15) is 16.7 Å². The van der Waals surface area contributed by atoms with E-state index in [0.29, 0.717) is 5.02 Å². The lowest BCUT2D eigenvalue weighted by Crippen LogP contribution is -1.96. The third-order valence-electron chi connectivity index (χ3n) is 3.46. The maximum atomic E-state index is 6.06. The van der Waals surface area contributed by atoms with Crippen molar-refractivity contribution in [3.63, 3.8) is 0 Å². The van der Waals surface area contributed by atoms with Crippen LogP contribution in [0.4, 0.5) is 0 Å². The summed E-state index contributed by atoms with van der Waals surface area (Å²) in [4.78, 5) is 0. The summed E-state index contributed by atoms with van der Waals surface area (Å²) in [6, 6.07) is 14.2. The average molecular weight is 330 g/mol. The first-order valence-corrected chi connectivity index (χ1v) is 8.35. The fraction of sp³-hybridized carbons (Fsp3) is 0.176. The van der Waals surface area contributed by atoms with Gasteiger partial charge in [0.15, 0.2) is 5.16 Å². The largest absolute Gasteiger partial charge is 0.277 e. The maximum absolute atomic E-state index is 6.06. The normalized spacial score (nSPS) is 10.9. The van der Waals surface area contributed by atoms with Gasteiger partial charge in [0.05, 0.1) is 5.69 Å². The highest BCUT2D eigenvalue weighted by atomic mass is 35.5. The molecule has 0 aliphatic carbocycles. The summed E-state index contributed by atoms with van der Waals surface area (Å²) in [6.07, 6.45) is 1.72. The zero-order valence-corrected chi connectivity index (χ0v) is 14.0. The molecule has 0 N–H and O–H groups in total. The van der Waals surface area contributed by atoms with E-state index in [1.54, 1.807) is 18.1 Å². The molecule has 0 bridgehead atoms. The molecule has 1 heterocycles. The van der Waals surface area contributed by atoms with Crippen LogP contribution in [0, 0.1) is 13.8 Å². The Balaban J connectivity index is 1.82. The average Bonchev–Trinajstić information content (AvgIpc) is 2.97. The van der Waals surface area contributed by atoms with Gasteiger partial charge in [0.25, 0.3) is 0 Å². The van der Waals surface area contributed by atoms with E-state index in [0.717, 1.165) is 16.6 Å². The van der Waals surface area contributed by atoms with Crippen molar-refractivity contribution in [1.82, 2.24) is 14.8 Å². The Kier molecular flexibility index (Phi) is 4.50. The lowest BCUT2D eigenvalue weighted by Gasteiger charge is -2.08. The zero-order chi connectivity index (χ0) is 15.5. The summed E-state index contributed by atoms with van der Waals surface area (Å²) < 4.78 is 1.96. The Morgan fingerprint density at radius 1 is 1.14 bits per heavy atom. The predicted octanol–water partition coefficient (Wildman–Crippen LogP) is 4.83. The summed E-state index contributed by atoms with van der Waals surface area (Å²) in [7, 11) is 0. The second kappa shape index (κ2) is 6.55. The maximum Gasteiger partial charge on any atom is 0.195 e. The van der Waals surface area contributed by atoms with E-state index >= 15 is 0 Å². The summed E-state index contributed by atoms with van der Waals surface area (Å²) in [5.41, 5.74) is 4.87. The van der Waals surface area contributed by atoms with E-state index in [4.69, 9.17) is 11.6 Å². The van der Waals surface area contributed by atoms with Gasteiger partial charge in [0.2, 0.25) is 0 Å². The van der Waals surface area contributed by atoms with Crippen LogP contribution in [0.2, 0.25) is 5.02 Å². The van der Waals surface area contributed by atoms with Crippen LogP contribution in [0.3, 0.4) is 0 Å². The minimum absolute atomic E-state index is 0.705. The van der Waals surface area contributed by atoms with Crippen molar-refractivity contribution < 1.29 is 0 Å². The molecule has 5 heteroatoms. The second-order valence-electron chi connectivity index (χ2n) is 5.18. The van der Waals surface area contributed by atoms with E-state index < -0.39 is 0 Å². The van der Waals surface area contributed by atoms with Crippen LogP contribution in [0.15, 0.2) is 53.9 Å². The first kappa shape index (κ1) is 15.1. The second-order valence-corrected chi connectivity index (χ2v) is 6.56. The van der Waals surface area contributed by atoms with E-state index in [9.17, 15) is 0 Å². The van der Waals surface area contributed by atoms with Crippen molar-refractivity contribution in [3.05, 3.63) is 70.5 Å². The van der Waals surface area contributed by atoms with Gasteiger partial charge in [-0.2, -0.15) is 0 Å². The van der Waals surface area contributed by atoms with Crippen molar-refractivity contribution in [2.24, 2.45) is 0 Å². The number of benzene rings is 2. The van der Waals surface area contributed by atoms with Crippen LogP contribution >= 0.6 is 23.4 Å². The number of thioether (sulfide) groups is 1. The van der Waals surface area contributed by atoms with Gasteiger partial charge in [-0.25, -0.2) is 0 Å². The molecule has 0 aliphatic heterocycles. The fourth-order valence-electron chi connectivity index (χ4n) is 2.22. The fourth-order valence-corrected chi connectivity index (χ4v) is 3.40. The number of halogens is 1. The van der Waals surface area contributed by atoms with Crippen LogP contribution < -0.4 is 0 Å². The molecule has 1 aromatic heterocycles. The van der Waals surface area contributed by atoms with Crippen molar-refractivity contribution >= 4 is 23.4 Å². The molecule has 0 unspecified atom stereocenters.